The number of hydrogen-bond acceptors (Lipinski definition) is 4. The number of thiophene rings is 1. The van der Waals surface area contributed by atoms with Gasteiger partial charge in [0, 0.05) is 3.57 Å². The Balaban J connectivity index is 2.43. The van der Waals surface area contributed by atoms with Crippen molar-refractivity contribution in [2.24, 2.45) is 0 Å². The highest BCUT2D eigenvalue weighted by molar-refractivity contribution is 14.1. The number of benzene rings is 1. The van der Waals surface area contributed by atoms with Gasteiger partial charge in [-0.1, -0.05) is 0 Å². The van der Waals surface area contributed by atoms with Gasteiger partial charge in [-0.05, 0) is 58.7 Å². The van der Waals surface area contributed by atoms with Crippen molar-refractivity contribution in [3.8, 4) is 0 Å². The summed E-state index contributed by atoms with van der Waals surface area (Å²) in [5.74, 6) is -0.430. The van der Waals surface area contributed by atoms with Crippen LogP contribution in [0.2, 0.25) is 0 Å². The van der Waals surface area contributed by atoms with Crippen molar-refractivity contribution >= 4 is 49.6 Å². The zero-order valence-corrected chi connectivity index (χ0v) is 14.1. The Morgan fingerprint density at radius 2 is 2.15 bits per heavy atom. The summed E-state index contributed by atoms with van der Waals surface area (Å²) in [6.07, 6.45) is 0. The van der Waals surface area contributed by atoms with E-state index in [0.717, 1.165) is 0 Å². The number of nitrogens with one attached hydrogen (secondary N) is 1. The minimum Gasteiger partial charge on any atom is -0.391 e. The molecular weight excluding hydrogens is 416 g/mol. The van der Waals surface area contributed by atoms with Crippen molar-refractivity contribution in [3.63, 3.8) is 0 Å². The van der Waals surface area contributed by atoms with E-state index < -0.39 is 15.8 Å². The molecule has 0 bridgehead atoms. The zero-order chi connectivity index (χ0) is 14.9. The quantitative estimate of drug-likeness (QED) is 0.738. The third kappa shape index (κ3) is 3.13. The summed E-state index contributed by atoms with van der Waals surface area (Å²) in [6, 6.07) is 3.80. The van der Waals surface area contributed by atoms with Crippen molar-refractivity contribution in [3.05, 3.63) is 43.4 Å². The van der Waals surface area contributed by atoms with Crippen LogP contribution in [0.15, 0.2) is 28.5 Å². The fourth-order valence-corrected chi connectivity index (χ4v) is 5.26. The molecule has 8 heteroatoms. The summed E-state index contributed by atoms with van der Waals surface area (Å²) in [7, 11) is -3.81. The van der Waals surface area contributed by atoms with E-state index >= 15 is 0 Å². The number of aryl methyl sites for hydroxylation is 1. The van der Waals surface area contributed by atoms with Crippen LogP contribution in [0.25, 0.3) is 0 Å². The van der Waals surface area contributed by atoms with Gasteiger partial charge >= 0.3 is 0 Å². The lowest BCUT2D eigenvalue weighted by Gasteiger charge is -2.11. The van der Waals surface area contributed by atoms with E-state index in [9.17, 15) is 17.9 Å². The highest BCUT2D eigenvalue weighted by atomic mass is 127. The van der Waals surface area contributed by atoms with Crippen LogP contribution < -0.4 is 4.72 Å². The molecule has 1 aromatic heterocycles. The van der Waals surface area contributed by atoms with Crippen LogP contribution in [0.5, 0.6) is 0 Å². The molecule has 1 aromatic carbocycles. The lowest BCUT2D eigenvalue weighted by Crippen LogP contribution is -2.15. The molecule has 108 valence electrons. The predicted molar refractivity (Wildman–Crippen MR) is 84.9 cm³/mol. The van der Waals surface area contributed by atoms with Crippen LogP contribution in [-0.2, 0) is 16.6 Å². The van der Waals surface area contributed by atoms with E-state index in [1.165, 1.54) is 29.5 Å². The first-order valence-electron chi connectivity index (χ1n) is 5.51. The molecule has 0 amide bonds. The van der Waals surface area contributed by atoms with E-state index in [2.05, 4.69) is 4.72 Å². The number of rotatable bonds is 4. The molecule has 0 aliphatic heterocycles. The molecular formula is C12H11FINO3S2. The molecule has 0 aliphatic carbocycles. The molecule has 2 N–H and O–H groups in total. The zero-order valence-electron chi connectivity index (χ0n) is 10.4. The molecule has 0 aliphatic rings. The van der Waals surface area contributed by atoms with Gasteiger partial charge < -0.3 is 5.11 Å². The lowest BCUT2D eigenvalue weighted by molar-refractivity contribution is 0.282. The Labute approximate surface area is 133 Å². The highest BCUT2D eigenvalue weighted by Gasteiger charge is 2.23. The first-order chi connectivity index (χ1) is 9.35. The number of aliphatic hydroxyl groups is 1. The lowest BCUT2D eigenvalue weighted by atomic mass is 10.3. The summed E-state index contributed by atoms with van der Waals surface area (Å²) in [6.45, 7) is 1.33. The third-order valence-corrected chi connectivity index (χ3v) is 6.28. The number of aliphatic hydroxyl groups excluding tert-OH is 1. The normalized spacial score (nSPS) is 11.6. The molecule has 20 heavy (non-hydrogen) atoms. The van der Waals surface area contributed by atoms with E-state index in [1.807, 2.05) is 22.6 Å². The van der Waals surface area contributed by atoms with Crippen LogP contribution in [0.4, 0.5) is 10.1 Å². The van der Waals surface area contributed by atoms with Gasteiger partial charge in [0.1, 0.15) is 10.7 Å². The predicted octanol–water partition coefficient (Wildman–Crippen LogP) is 3.09. The molecule has 4 nitrogen and oxygen atoms in total. The van der Waals surface area contributed by atoms with Gasteiger partial charge in [-0.2, -0.15) is 0 Å². The molecule has 2 aromatic rings. The van der Waals surface area contributed by atoms with Crippen LogP contribution >= 0.6 is 33.9 Å². The fraction of sp³-hybridized carbons (Fsp3) is 0.167. The van der Waals surface area contributed by atoms with Crippen molar-refractivity contribution in [1.29, 1.82) is 0 Å². The van der Waals surface area contributed by atoms with Gasteiger partial charge in [-0.25, -0.2) is 12.8 Å². The first-order valence-corrected chi connectivity index (χ1v) is 8.95. The van der Waals surface area contributed by atoms with Gasteiger partial charge in [0.05, 0.1) is 17.2 Å². The minimum atomic E-state index is -3.81. The number of anilines is 1. The number of hydrogen-bond donors (Lipinski definition) is 2. The average Bonchev–Trinajstić information content (AvgIpc) is 2.75. The maximum absolute atomic E-state index is 13.0. The monoisotopic (exact) mass is 427 g/mol. The Morgan fingerprint density at radius 1 is 1.45 bits per heavy atom. The number of sulfonamides is 1. The second kappa shape index (κ2) is 5.96. The summed E-state index contributed by atoms with van der Waals surface area (Å²) in [4.78, 5) is 0.470. The SMILES string of the molecule is Cc1csc(CO)c1S(=O)(=O)Nc1ccc(F)cc1I. The summed E-state index contributed by atoms with van der Waals surface area (Å²) in [5.41, 5.74) is 0.880. The molecule has 0 atom stereocenters. The smallest absolute Gasteiger partial charge is 0.263 e. The molecule has 0 spiro atoms. The highest BCUT2D eigenvalue weighted by Crippen LogP contribution is 2.30. The van der Waals surface area contributed by atoms with E-state index in [0.29, 0.717) is 19.7 Å². The summed E-state index contributed by atoms with van der Waals surface area (Å²) >= 11 is 3.05. The second-order valence-corrected chi connectivity index (χ2v) is 7.80. The van der Waals surface area contributed by atoms with Crippen molar-refractivity contribution in [2.45, 2.75) is 18.4 Å². The topological polar surface area (TPSA) is 66.4 Å². The maximum atomic E-state index is 13.0. The Hall–Kier alpha value is -0.710. The molecule has 1 heterocycles. The van der Waals surface area contributed by atoms with Gasteiger partial charge in [0.2, 0.25) is 0 Å². The molecule has 0 saturated heterocycles. The van der Waals surface area contributed by atoms with E-state index in [-0.39, 0.29) is 11.5 Å². The van der Waals surface area contributed by atoms with Gasteiger partial charge in [-0.3, -0.25) is 4.72 Å². The third-order valence-electron chi connectivity index (χ3n) is 2.58. The summed E-state index contributed by atoms with van der Waals surface area (Å²) < 4.78 is 40.7. The average molecular weight is 427 g/mol. The van der Waals surface area contributed by atoms with Crippen LogP contribution in [-0.4, -0.2) is 13.5 Å². The van der Waals surface area contributed by atoms with Crippen molar-refractivity contribution < 1.29 is 17.9 Å². The summed E-state index contributed by atoms with van der Waals surface area (Å²) in [5, 5.41) is 10.9. The molecule has 2 rings (SSSR count). The molecule has 0 saturated carbocycles. The van der Waals surface area contributed by atoms with Crippen molar-refractivity contribution in [1.82, 2.24) is 0 Å². The second-order valence-electron chi connectivity index (χ2n) is 4.06. The first kappa shape index (κ1) is 15.7. The van der Waals surface area contributed by atoms with Crippen LogP contribution in [0, 0.1) is 16.3 Å². The minimum absolute atomic E-state index is 0.0881. The molecule has 0 unspecified atom stereocenters. The Kier molecular flexibility index (Phi) is 4.67. The number of halogens is 2. The van der Waals surface area contributed by atoms with E-state index in [4.69, 9.17) is 0 Å². The Morgan fingerprint density at radius 3 is 2.75 bits per heavy atom. The van der Waals surface area contributed by atoms with Gasteiger partial charge in [0.25, 0.3) is 10.0 Å². The van der Waals surface area contributed by atoms with Gasteiger partial charge in [0.15, 0.2) is 0 Å². The Bertz CT molecular complexity index is 743. The van der Waals surface area contributed by atoms with Gasteiger partial charge in [-0.15, -0.1) is 11.3 Å². The van der Waals surface area contributed by atoms with Crippen LogP contribution in [0.1, 0.15) is 10.4 Å². The molecule has 0 radical (unpaired) electrons. The standard InChI is InChI=1S/C12H11FINO3S2/c1-7-6-19-11(5-16)12(7)20(17,18)15-10-3-2-8(13)4-9(10)14/h2-4,6,15-16H,5H2,1H3. The van der Waals surface area contributed by atoms with E-state index in [1.54, 1.807) is 12.3 Å². The molecule has 0 fully saturated rings. The largest absolute Gasteiger partial charge is 0.391 e. The fourth-order valence-electron chi connectivity index (χ4n) is 1.73. The maximum Gasteiger partial charge on any atom is 0.263 e. The van der Waals surface area contributed by atoms with Crippen LogP contribution in [0.3, 0.4) is 0 Å². The van der Waals surface area contributed by atoms with Crippen molar-refractivity contribution in [2.75, 3.05) is 4.72 Å².